The summed E-state index contributed by atoms with van der Waals surface area (Å²) in [6.45, 7) is 1.50. The SMILES string of the molecule is Cc1cc(Cl)ccc1NC(=O)CN1C(=O)N[C@@]2(CCCc3sccc32)C1=O. The Labute approximate surface area is 165 Å². The predicted octanol–water partition coefficient (Wildman–Crippen LogP) is 3.43. The van der Waals surface area contributed by atoms with Gasteiger partial charge in [-0.25, -0.2) is 4.79 Å². The van der Waals surface area contributed by atoms with Gasteiger partial charge < -0.3 is 10.6 Å². The van der Waals surface area contributed by atoms with E-state index in [0.717, 1.165) is 33.7 Å². The fraction of sp³-hybridized carbons (Fsp3) is 0.316. The predicted molar refractivity (Wildman–Crippen MR) is 104 cm³/mol. The molecule has 27 heavy (non-hydrogen) atoms. The van der Waals surface area contributed by atoms with Crippen LogP contribution < -0.4 is 10.6 Å². The van der Waals surface area contributed by atoms with Crippen LogP contribution in [0.5, 0.6) is 0 Å². The lowest BCUT2D eigenvalue weighted by atomic mass is 9.80. The molecule has 1 fully saturated rings. The Morgan fingerprint density at radius 3 is 2.96 bits per heavy atom. The van der Waals surface area contributed by atoms with Crippen LogP contribution in [-0.2, 0) is 21.5 Å². The van der Waals surface area contributed by atoms with Crippen LogP contribution in [0, 0.1) is 6.92 Å². The summed E-state index contributed by atoms with van der Waals surface area (Å²) in [7, 11) is 0. The number of imide groups is 1. The zero-order valence-electron chi connectivity index (χ0n) is 14.7. The van der Waals surface area contributed by atoms with Gasteiger partial charge in [0.05, 0.1) is 0 Å². The lowest BCUT2D eigenvalue weighted by Gasteiger charge is -2.31. The number of anilines is 1. The minimum absolute atomic E-state index is 0.325. The Morgan fingerprint density at radius 2 is 2.19 bits per heavy atom. The van der Waals surface area contributed by atoms with Crippen molar-refractivity contribution in [2.45, 2.75) is 31.7 Å². The fourth-order valence-corrected chi connectivity index (χ4v) is 5.01. The molecule has 2 N–H and O–H groups in total. The van der Waals surface area contributed by atoms with E-state index in [1.54, 1.807) is 29.5 Å². The van der Waals surface area contributed by atoms with Gasteiger partial charge in [-0.3, -0.25) is 14.5 Å². The van der Waals surface area contributed by atoms with Crippen molar-refractivity contribution >= 4 is 46.5 Å². The first-order valence-electron chi connectivity index (χ1n) is 8.68. The molecule has 6 nitrogen and oxygen atoms in total. The minimum Gasteiger partial charge on any atom is -0.324 e. The maximum Gasteiger partial charge on any atom is 0.325 e. The van der Waals surface area contributed by atoms with Crippen molar-refractivity contribution in [2.75, 3.05) is 11.9 Å². The van der Waals surface area contributed by atoms with Crippen LogP contribution in [-0.4, -0.2) is 29.3 Å². The van der Waals surface area contributed by atoms with E-state index in [0.29, 0.717) is 17.1 Å². The van der Waals surface area contributed by atoms with Gasteiger partial charge >= 0.3 is 6.03 Å². The third-order valence-corrected chi connectivity index (χ3v) is 6.32. The van der Waals surface area contributed by atoms with Crippen molar-refractivity contribution in [2.24, 2.45) is 0 Å². The first-order valence-corrected chi connectivity index (χ1v) is 9.93. The molecule has 4 rings (SSSR count). The summed E-state index contributed by atoms with van der Waals surface area (Å²) < 4.78 is 0. The smallest absolute Gasteiger partial charge is 0.324 e. The summed E-state index contributed by atoms with van der Waals surface area (Å²) >= 11 is 7.52. The van der Waals surface area contributed by atoms with Gasteiger partial charge in [0.2, 0.25) is 5.91 Å². The highest BCUT2D eigenvalue weighted by Crippen LogP contribution is 2.42. The van der Waals surface area contributed by atoms with Crippen molar-refractivity contribution in [1.29, 1.82) is 0 Å². The summed E-state index contributed by atoms with van der Waals surface area (Å²) in [6.07, 6.45) is 2.29. The maximum absolute atomic E-state index is 13.1. The Kier molecular flexibility index (Phi) is 4.44. The second-order valence-electron chi connectivity index (χ2n) is 6.85. The fourth-order valence-electron chi connectivity index (χ4n) is 3.79. The van der Waals surface area contributed by atoms with E-state index in [4.69, 9.17) is 11.6 Å². The van der Waals surface area contributed by atoms with Crippen LogP contribution in [0.25, 0.3) is 0 Å². The van der Waals surface area contributed by atoms with Crippen LogP contribution in [0.4, 0.5) is 10.5 Å². The van der Waals surface area contributed by atoms with Crippen LogP contribution in [0.15, 0.2) is 29.6 Å². The standard InChI is InChI=1S/C19H18ClN3O3S/c1-11-9-12(20)4-5-14(11)21-16(24)10-23-17(25)19(22-18(23)26)7-2-3-15-13(19)6-8-27-15/h4-6,8-9H,2-3,7,10H2,1H3,(H,21,24)(H,22,26)/t19-/m1/s1. The first kappa shape index (κ1) is 18.0. The number of urea groups is 1. The normalized spacial score (nSPS) is 21.3. The summed E-state index contributed by atoms with van der Waals surface area (Å²) in [6, 6.07) is 6.48. The number of nitrogens with one attached hydrogen (secondary N) is 2. The van der Waals surface area contributed by atoms with Gasteiger partial charge in [-0.05, 0) is 61.4 Å². The highest BCUT2D eigenvalue weighted by molar-refractivity contribution is 7.10. The number of nitrogens with zero attached hydrogens (tertiary/aromatic N) is 1. The molecule has 2 aromatic rings. The van der Waals surface area contributed by atoms with Crippen molar-refractivity contribution in [3.63, 3.8) is 0 Å². The molecular formula is C19H18ClN3O3S. The Morgan fingerprint density at radius 1 is 1.37 bits per heavy atom. The van der Waals surface area contributed by atoms with E-state index >= 15 is 0 Å². The van der Waals surface area contributed by atoms with E-state index in [9.17, 15) is 14.4 Å². The van der Waals surface area contributed by atoms with Crippen molar-refractivity contribution in [1.82, 2.24) is 10.2 Å². The minimum atomic E-state index is -1.03. The molecule has 2 heterocycles. The molecule has 0 saturated carbocycles. The second kappa shape index (κ2) is 6.65. The average molecular weight is 404 g/mol. The monoisotopic (exact) mass is 403 g/mol. The molecule has 0 unspecified atom stereocenters. The number of hydrogen-bond donors (Lipinski definition) is 2. The molecule has 8 heteroatoms. The Hall–Kier alpha value is -2.38. The lowest BCUT2D eigenvalue weighted by Crippen LogP contribution is -2.46. The van der Waals surface area contributed by atoms with Gasteiger partial charge in [0.25, 0.3) is 5.91 Å². The molecule has 1 aliphatic heterocycles. The molecule has 0 radical (unpaired) electrons. The zero-order valence-corrected chi connectivity index (χ0v) is 16.2. The topological polar surface area (TPSA) is 78.5 Å². The zero-order chi connectivity index (χ0) is 19.2. The molecule has 1 spiro atoms. The molecule has 1 saturated heterocycles. The quantitative estimate of drug-likeness (QED) is 0.770. The Balaban J connectivity index is 1.53. The summed E-state index contributed by atoms with van der Waals surface area (Å²) in [5.74, 6) is -0.780. The number of carbonyl (C=O) groups excluding carboxylic acids is 3. The van der Waals surface area contributed by atoms with E-state index in [1.807, 2.05) is 18.4 Å². The molecular weight excluding hydrogens is 386 g/mol. The maximum atomic E-state index is 13.1. The number of hydrogen-bond acceptors (Lipinski definition) is 4. The molecule has 1 atom stereocenters. The number of benzene rings is 1. The van der Waals surface area contributed by atoms with Crippen LogP contribution in [0.1, 0.15) is 28.8 Å². The number of rotatable bonds is 3. The molecule has 4 amide bonds. The van der Waals surface area contributed by atoms with Gasteiger partial charge in [0.15, 0.2) is 0 Å². The van der Waals surface area contributed by atoms with Crippen molar-refractivity contribution < 1.29 is 14.4 Å². The lowest BCUT2D eigenvalue weighted by molar-refractivity contribution is -0.134. The van der Waals surface area contributed by atoms with E-state index in [1.165, 1.54) is 0 Å². The third-order valence-electron chi connectivity index (χ3n) is 5.10. The van der Waals surface area contributed by atoms with Gasteiger partial charge in [-0.2, -0.15) is 0 Å². The Bertz CT molecular complexity index is 957. The summed E-state index contributed by atoms with van der Waals surface area (Å²) in [4.78, 5) is 40.2. The number of aryl methyl sites for hydroxylation is 2. The van der Waals surface area contributed by atoms with Crippen molar-refractivity contribution in [3.8, 4) is 0 Å². The highest BCUT2D eigenvalue weighted by atomic mass is 35.5. The average Bonchev–Trinajstić information content (AvgIpc) is 3.18. The summed E-state index contributed by atoms with van der Waals surface area (Å²) in [5.41, 5.74) is 1.25. The third kappa shape index (κ3) is 3.00. The van der Waals surface area contributed by atoms with Crippen LogP contribution >= 0.6 is 22.9 Å². The summed E-state index contributed by atoms with van der Waals surface area (Å²) in [5, 5.41) is 8.10. The highest BCUT2D eigenvalue weighted by Gasteiger charge is 2.54. The molecule has 2 aliphatic rings. The molecule has 140 valence electrons. The van der Waals surface area contributed by atoms with Gasteiger partial charge in [0.1, 0.15) is 12.1 Å². The molecule has 0 bridgehead atoms. The number of carbonyl (C=O) groups is 3. The number of thiophene rings is 1. The van der Waals surface area contributed by atoms with Gasteiger partial charge in [-0.1, -0.05) is 11.6 Å². The van der Waals surface area contributed by atoms with Crippen LogP contribution in [0.2, 0.25) is 5.02 Å². The molecule has 1 aliphatic carbocycles. The largest absolute Gasteiger partial charge is 0.325 e. The van der Waals surface area contributed by atoms with E-state index in [-0.39, 0.29) is 12.5 Å². The first-order chi connectivity index (χ1) is 12.9. The van der Waals surface area contributed by atoms with Gasteiger partial charge in [0, 0.05) is 21.2 Å². The van der Waals surface area contributed by atoms with Gasteiger partial charge in [-0.15, -0.1) is 11.3 Å². The van der Waals surface area contributed by atoms with E-state index in [2.05, 4.69) is 10.6 Å². The molecule has 1 aromatic carbocycles. The van der Waals surface area contributed by atoms with Crippen LogP contribution in [0.3, 0.4) is 0 Å². The van der Waals surface area contributed by atoms with E-state index < -0.39 is 17.5 Å². The number of halogens is 1. The molecule has 1 aromatic heterocycles. The van der Waals surface area contributed by atoms with Crippen molar-refractivity contribution in [3.05, 3.63) is 50.7 Å². The number of amides is 4. The second-order valence-corrected chi connectivity index (χ2v) is 8.28. The number of fused-ring (bicyclic) bond motifs is 2.